The molecule has 0 aliphatic rings. The van der Waals surface area contributed by atoms with E-state index in [0.29, 0.717) is 0 Å². The van der Waals surface area contributed by atoms with Crippen LogP contribution in [-0.4, -0.2) is 41.1 Å². The first kappa shape index (κ1) is 37.1. The molecule has 4 aromatic rings. The quantitative estimate of drug-likeness (QED) is 0.208. The number of aromatic nitrogens is 4. The van der Waals surface area contributed by atoms with Crippen LogP contribution >= 0.6 is 0 Å². The van der Waals surface area contributed by atoms with Crippen molar-refractivity contribution in [3.05, 3.63) is 120 Å². The van der Waals surface area contributed by atoms with E-state index in [4.69, 9.17) is 18.6 Å². The van der Waals surface area contributed by atoms with Gasteiger partial charge in [0, 0.05) is 24.8 Å². The van der Waals surface area contributed by atoms with Crippen LogP contribution in [-0.2, 0) is 28.4 Å². The van der Waals surface area contributed by atoms with Crippen LogP contribution in [0.4, 0.5) is 0 Å². The summed E-state index contributed by atoms with van der Waals surface area (Å²) in [6, 6.07) is 19.2. The number of rotatable bonds is 4. The van der Waals surface area contributed by atoms with Gasteiger partial charge in [-0.3, -0.25) is 19.9 Å². The Kier molecular flexibility index (Phi) is 16.4. The zero-order chi connectivity index (χ0) is 26.0. The number of hydrogen-bond acceptors (Lipinski definition) is 12. The maximum atomic E-state index is 11.9. The van der Waals surface area contributed by atoms with Gasteiger partial charge in [-0.25, -0.2) is 18.6 Å². The van der Waals surface area contributed by atoms with Crippen molar-refractivity contribution >= 4 is 0 Å². The largest absolute Gasteiger partial charge is 3.00 e. The third-order valence-electron chi connectivity index (χ3n) is 4.05. The number of halogens is 1. The number of aliphatic hydroxyl groups is 2. The zero-order valence-corrected chi connectivity index (χ0v) is 20.9. The van der Waals surface area contributed by atoms with Gasteiger partial charge >= 0.3 is 16.8 Å². The van der Waals surface area contributed by atoms with E-state index in [1.807, 2.05) is 0 Å². The summed E-state index contributed by atoms with van der Waals surface area (Å²) in [5.74, 6) is -4.77. The Labute approximate surface area is 228 Å². The van der Waals surface area contributed by atoms with Gasteiger partial charge < -0.3 is 31.4 Å². The maximum Gasteiger partial charge on any atom is 3.00 e. The number of pyridine rings is 4. The summed E-state index contributed by atoms with van der Waals surface area (Å²) in [5.41, 5.74) is 0.180. The normalized spacial score (nSPS) is 10.5. The standard InChI is InChI=1S/2C11H9N2O2.ClHO4.Co.2H2O/c2*14-11(15,9-5-1-3-7-12-9)10-6-2-4-8-13-10;2-1(3,4)5;;;/h2*1-8,14H;(H,2,3,4,5);;2*1H2/q2*-1;;+3;;/p-1. The van der Waals surface area contributed by atoms with E-state index in [9.17, 15) is 20.4 Å². The molecule has 0 fully saturated rings. The molecular weight excluding hydrogens is 575 g/mol. The van der Waals surface area contributed by atoms with Gasteiger partial charge in [-0.15, -0.1) is 10.2 Å². The molecule has 4 heterocycles. The summed E-state index contributed by atoms with van der Waals surface area (Å²) < 4.78 is 34.0. The Bertz CT molecular complexity index is 968. The molecule has 0 spiro atoms. The fraction of sp³-hybridized carbons (Fsp3) is 0.0909. The molecule has 38 heavy (non-hydrogen) atoms. The van der Waals surface area contributed by atoms with Crippen LogP contribution in [0.5, 0.6) is 0 Å². The summed E-state index contributed by atoms with van der Waals surface area (Å²) in [4.78, 5) is 15.3. The minimum atomic E-state index is -4.94. The van der Waals surface area contributed by atoms with Crippen molar-refractivity contribution in [1.82, 2.24) is 19.9 Å². The second-order valence-electron chi connectivity index (χ2n) is 6.53. The average Bonchev–Trinajstić information content (AvgIpc) is 2.86. The van der Waals surface area contributed by atoms with E-state index in [-0.39, 0.29) is 50.5 Å². The molecular formula is C22H22ClCoN4O10. The van der Waals surface area contributed by atoms with Gasteiger partial charge in [0.15, 0.2) is 0 Å². The average molecular weight is 597 g/mol. The van der Waals surface area contributed by atoms with Crippen LogP contribution in [0.2, 0.25) is 0 Å². The van der Waals surface area contributed by atoms with Gasteiger partial charge in [0.05, 0.1) is 34.3 Å². The van der Waals surface area contributed by atoms with Gasteiger partial charge in [0.1, 0.15) is 0 Å². The van der Waals surface area contributed by atoms with Crippen LogP contribution in [0, 0.1) is 10.2 Å². The van der Waals surface area contributed by atoms with Crippen LogP contribution in [0.15, 0.2) is 97.6 Å². The van der Waals surface area contributed by atoms with Crippen molar-refractivity contribution < 1.29 is 77.0 Å². The van der Waals surface area contributed by atoms with Crippen molar-refractivity contribution in [1.29, 1.82) is 0 Å². The SMILES string of the molecule is O.O.[Co+3].[O-]C(O)(c1ccccn1)c1ccccn1.[O-]C(O)(c1ccccn1)c1ccccn1.[O-][Cl+3]([O-])([O-])[O-]. The molecule has 0 aromatic carbocycles. The maximum absolute atomic E-state index is 11.9. The van der Waals surface area contributed by atoms with Crippen LogP contribution in [0.25, 0.3) is 0 Å². The molecule has 14 nitrogen and oxygen atoms in total. The molecule has 0 atom stereocenters. The topological polar surface area (TPSA) is 293 Å². The van der Waals surface area contributed by atoms with E-state index < -0.39 is 21.8 Å². The van der Waals surface area contributed by atoms with Crippen molar-refractivity contribution in [2.24, 2.45) is 0 Å². The Hall–Kier alpha value is -3.00. The van der Waals surface area contributed by atoms with Crippen molar-refractivity contribution in [3.8, 4) is 0 Å². The van der Waals surface area contributed by atoms with Gasteiger partial charge in [0.25, 0.3) is 0 Å². The molecule has 4 aromatic heterocycles. The number of nitrogens with zero attached hydrogens (tertiary/aromatic N) is 4. The fourth-order valence-corrected chi connectivity index (χ4v) is 2.52. The second-order valence-corrected chi connectivity index (χ2v) is 7.28. The fourth-order valence-electron chi connectivity index (χ4n) is 2.52. The van der Waals surface area contributed by atoms with E-state index in [0.717, 1.165) is 0 Å². The molecule has 6 N–H and O–H groups in total. The first-order chi connectivity index (χ1) is 16.4. The molecule has 0 aliphatic heterocycles. The van der Waals surface area contributed by atoms with E-state index in [1.165, 1.54) is 49.1 Å². The molecule has 206 valence electrons. The minimum absolute atomic E-state index is 0. The van der Waals surface area contributed by atoms with Crippen molar-refractivity contribution in [3.63, 3.8) is 0 Å². The Balaban J connectivity index is 0. The smallest absolute Gasteiger partial charge is 0.819 e. The first-order valence-electron chi connectivity index (χ1n) is 9.55. The zero-order valence-electron chi connectivity index (χ0n) is 19.1. The van der Waals surface area contributed by atoms with Gasteiger partial charge in [-0.2, -0.15) is 0 Å². The summed E-state index contributed by atoms with van der Waals surface area (Å²) in [6.45, 7) is 0. The van der Waals surface area contributed by atoms with Crippen molar-refractivity contribution in [2.75, 3.05) is 0 Å². The van der Waals surface area contributed by atoms with E-state index in [1.54, 1.807) is 48.5 Å². The predicted octanol–water partition coefficient (Wildman–Crippen LogP) is -6.35. The van der Waals surface area contributed by atoms with Crippen LogP contribution in [0.1, 0.15) is 22.8 Å². The molecule has 16 heteroatoms. The summed E-state index contributed by atoms with van der Waals surface area (Å²) >= 11 is 0. The predicted molar refractivity (Wildman–Crippen MR) is 110 cm³/mol. The Morgan fingerprint density at radius 2 is 0.684 bits per heavy atom. The second kappa shape index (κ2) is 16.8. The van der Waals surface area contributed by atoms with Crippen molar-refractivity contribution in [2.45, 2.75) is 11.6 Å². The molecule has 0 amide bonds. The van der Waals surface area contributed by atoms with Crippen LogP contribution in [0.3, 0.4) is 0 Å². The van der Waals surface area contributed by atoms with Gasteiger partial charge in [-0.1, -0.05) is 24.3 Å². The molecule has 0 saturated carbocycles. The molecule has 0 bridgehead atoms. The summed E-state index contributed by atoms with van der Waals surface area (Å²) in [5, 5.41) is 43.4. The third-order valence-corrected chi connectivity index (χ3v) is 4.05. The monoisotopic (exact) mass is 596 g/mol. The summed E-state index contributed by atoms with van der Waals surface area (Å²) in [6.07, 6.45) is 5.84. The molecule has 4 rings (SSSR count). The van der Waals surface area contributed by atoms with Crippen LogP contribution < -0.4 is 28.8 Å². The molecule has 0 unspecified atom stereocenters. The Morgan fingerprint density at radius 3 is 0.816 bits per heavy atom. The minimum Gasteiger partial charge on any atom is -0.819 e. The molecule has 0 aliphatic carbocycles. The number of hydrogen-bond donors (Lipinski definition) is 2. The molecule has 0 radical (unpaired) electrons. The third kappa shape index (κ3) is 12.0. The summed E-state index contributed by atoms with van der Waals surface area (Å²) in [7, 11) is -4.94. The van der Waals surface area contributed by atoms with E-state index >= 15 is 0 Å². The first-order valence-corrected chi connectivity index (χ1v) is 10.8. The Morgan fingerprint density at radius 1 is 0.500 bits per heavy atom. The van der Waals surface area contributed by atoms with Gasteiger partial charge in [-0.05, 0) is 48.5 Å². The molecule has 0 saturated heterocycles. The van der Waals surface area contributed by atoms with E-state index in [2.05, 4.69) is 19.9 Å². The van der Waals surface area contributed by atoms with Gasteiger partial charge in [0.2, 0.25) is 0 Å².